The Morgan fingerprint density at radius 1 is 1.17 bits per heavy atom. The highest BCUT2D eigenvalue weighted by molar-refractivity contribution is 4.51. The quantitative estimate of drug-likeness (QED) is 0.563. The van der Waals surface area contributed by atoms with Crippen LogP contribution in [0.5, 0.6) is 0 Å². The van der Waals surface area contributed by atoms with Crippen molar-refractivity contribution in [2.45, 2.75) is 32.2 Å². The summed E-state index contributed by atoms with van der Waals surface area (Å²) < 4.78 is 10.2. The topological polar surface area (TPSA) is 44.5 Å². The van der Waals surface area contributed by atoms with Crippen molar-refractivity contribution >= 4 is 0 Å². The second kappa shape index (κ2) is 8.97. The zero-order chi connectivity index (χ0) is 9.23. The van der Waals surface area contributed by atoms with Gasteiger partial charge in [0.25, 0.3) is 0 Å². The van der Waals surface area contributed by atoms with Gasteiger partial charge < -0.3 is 15.2 Å². The molecule has 74 valence electrons. The maximum Gasteiger partial charge on any atom is 0.0487 e. The summed E-state index contributed by atoms with van der Waals surface area (Å²) >= 11 is 0. The van der Waals surface area contributed by atoms with Gasteiger partial charge in [-0.1, -0.05) is 0 Å². The number of rotatable bonds is 8. The molecule has 0 rings (SSSR count). The van der Waals surface area contributed by atoms with E-state index in [2.05, 4.69) is 0 Å². The van der Waals surface area contributed by atoms with Gasteiger partial charge in [-0.3, -0.25) is 0 Å². The van der Waals surface area contributed by atoms with Gasteiger partial charge in [-0.2, -0.15) is 0 Å². The lowest BCUT2D eigenvalue weighted by molar-refractivity contribution is 0.0998. The predicted molar refractivity (Wildman–Crippen MR) is 50.2 cm³/mol. The molecule has 0 bridgehead atoms. The average molecular weight is 175 g/mol. The molecule has 1 unspecified atom stereocenters. The maximum absolute atomic E-state index is 5.58. The first-order valence-electron chi connectivity index (χ1n) is 4.59. The Morgan fingerprint density at radius 3 is 2.42 bits per heavy atom. The fourth-order valence-corrected chi connectivity index (χ4v) is 0.915. The third-order valence-corrected chi connectivity index (χ3v) is 1.59. The van der Waals surface area contributed by atoms with Crippen molar-refractivity contribution in [3.05, 3.63) is 0 Å². The van der Waals surface area contributed by atoms with E-state index in [-0.39, 0.29) is 0 Å². The van der Waals surface area contributed by atoms with E-state index < -0.39 is 0 Å². The normalized spacial score (nSPS) is 13.2. The smallest absolute Gasteiger partial charge is 0.0487 e. The van der Waals surface area contributed by atoms with Crippen molar-refractivity contribution in [3.63, 3.8) is 0 Å². The van der Waals surface area contributed by atoms with Crippen molar-refractivity contribution in [1.82, 2.24) is 0 Å². The van der Waals surface area contributed by atoms with E-state index in [0.29, 0.717) is 6.04 Å². The Bertz CT molecular complexity index is 86.6. The highest BCUT2D eigenvalue weighted by Crippen LogP contribution is 1.94. The van der Waals surface area contributed by atoms with Crippen LogP contribution in [0.3, 0.4) is 0 Å². The molecule has 0 aromatic heterocycles. The van der Waals surface area contributed by atoms with Crippen molar-refractivity contribution in [3.8, 4) is 0 Å². The van der Waals surface area contributed by atoms with Gasteiger partial charge in [-0.15, -0.1) is 0 Å². The van der Waals surface area contributed by atoms with Crippen molar-refractivity contribution in [1.29, 1.82) is 0 Å². The Labute approximate surface area is 75.2 Å². The van der Waals surface area contributed by atoms with Crippen molar-refractivity contribution < 1.29 is 9.47 Å². The fraction of sp³-hybridized carbons (Fsp3) is 1.00. The molecule has 1 atom stereocenters. The Kier molecular flexibility index (Phi) is 8.88. The van der Waals surface area contributed by atoms with Crippen LogP contribution in [0.15, 0.2) is 0 Å². The molecule has 3 nitrogen and oxygen atoms in total. The van der Waals surface area contributed by atoms with E-state index in [0.717, 1.165) is 39.1 Å². The highest BCUT2D eigenvalue weighted by Gasteiger charge is 1.93. The molecule has 0 aliphatic carbocycles. The Hall–Kier alpha value is -0.120. The second-order valence-corrected chi connectivity index (χ2v) is 3.08. The second-order valence-electron chi connectivity index (χ2n) is 3.08. The summed E-state index contributed by atoms with van der Waals surface area (Å²) in [4.78, 5) is 0. The number of methoxy groups -OCH3 is 1. The molecule has 0 aromatic carbocycles. The van der Waals surface area contributed by atoms with Crippen LogP contribution in [-0.2, 0) is 9.47 Å². The molecule has 0 aliphatic rings. The lowest BCUT2D eigenvalue weighted by atomic mass is 10.2. The first-order chi connectivity index (χ1) is 5.77. The SMILES string of the molecule is COCCCOCCCC(C)N. The van der Waals surface area contributed by atoms with Crippen LogP contribution in [0.4, 0.5) is 0 Å². The minimum Gasteiger partial charge on any atom is -0.385 e. The molecule has 0 spiro atoms. The van der Waals surface area contributed by atoms with Gasteiger partial charge in [0.2, 0.25) is 0 Å². The fourth-order valence-electron chi connectivity index (χ4n) is 0.915. The van der Waals surface area contributed by atoms with Crippen molar-refractivity contribution in [2.75, 3.05) is 26.9 Å². The minimum atomic E-state index is 0.299. The molecule has 0 amide bonds. The van der Waals surface area contributed by atoms with E-state index >= 15 is 0 Å². The summed E-state index contributed by atoms with van der Waals surface area (Å²) in [6, 6.07) is 0.299. The lowest BCUT2D eigenvalue weighted by Crippen LogP contribution is -2.15. The molecule has 2 N–H and O–H groups in total. The van der Waals surface area contributed by atoms with Gasteiger partial charge in [-0.25, -0.2) is 0 Å². The summed E-state index contributed by atoms with van der Waals surface area (Å²) in [5.74, 6) is 0. The minimum absolute atomic E-state index is 0.299. The largest absolute Gasteiger partial charge is 0.385 e. The molecule has 0 saturated heterocycles. The summed E-state index contributed by atoms with van der Waals surface area (Å²) in [5.41, 5.74) is 5.58. The van der Waals surface area contributed by atoms with Crippen LogP contribution >= 0.6 is 0 Å². The van der Waals surface area contributed by atoms with E-state index in [1.807, 2.05) is 6.92 Å². The predicted octanol–water partition coefficient (Wildman–Crippen LogP) is 1.17. The molecule has 0 radical (unpaired) electrons. The van der Waals surface area contributed by atoms with Crippen LogP contribution in [0.2, 0.25) is 0 Å². The number of hydrogen-bond acceptors (Lipinski definition) is 3. The monoisotopic (exact) mass is 175 g/mol. The van der Waals surface area contributed by atoms with Crippen molar-refractivity contribution in [2.24, 2.45) is 5.73 Å². The van der Waals surface area contributed by atoms with E-state index in [9.17, 15) is 0 Å². The highest BCUT2D eigenvalue weighted by atomic mass is 16.5. The summed E-state index contributed by atoms with van der Waals surface area (Å²) in [7, 11) is 1.70. The zero-order valence-electron chi connectivity index (χ0n) is 8.21. The number of nitrogens with two attached hydrogens (primary N) is 1. The third kappa shape index (κ3) is 9.88. The summed E-state index contributed by atoms with van der Waals surface area (Å²) in [6.45, 7) is 4.43. The number of ether oxygens (including phenoxy) is 2. The van der Waals surface area contributed by atoms with E-state index in [4.69, 9.17) is 15.2 Å². The first kappa shape index (κ1) is 11.9. The van der Waals surface area contributed by atoms with Gasteiger partial charge in [0.05, 0.1) is 0 Å². The molecule has 0 saturated carbocycles. The molecule has 0 heterocycles. The van der Waals surface area contributed by atoms with Crippen LogP contribution < -0.4 is 5.73 Å². The number of hydrogen-bond donors (Lipinski definition) is 1. The Morgan fingerprint density at radius 2 is 1.83 bits per heavy atom. The molecule has 0 fully saturated rings. The molecule has 0 aliphatic heterocycles. The zero-order valence-corrected chi connectivity index (χ0v) is 8.21. The Balaban J connectivity index is 2.82. The van der Waals surface area contributed by atoms with Gasteiger partial charge in [0, 0.05) is 33.0 Å². The van der Waals surface area contributed by atoms with Gasteiger partial charge >= 0.3 is 0 Å². The van der Waals surface area contributed by atoms with E-state index in [1.165, 1.54) is 0 Å². The van der Waals surface area contributed by atoms with E-state index in [1.54, 1.807) is 7.11 Å². The van der Waals surface area contributed by atoms with Gasteiger partial charge in [-0.05, 0) is 26.2 Å². The van der Waals surface area contributed by atoms with Gasteiger partial charge in [0.15, 0.2) is 0 Å². The van der Waals surface area contributed by atoms with Crippen LogP contribution in [-0.4, -0.2) is 33.0 Å². The molecule has 3 heteroatoms. The summed E-state index contributed by atoms with van der Waals surface area (Å²) in [6.07, 6.45) is 3.09. The maximum atomic E-state index is 5.58. The standard InChI is InChI=1S/C9H21NO2/c1-9(10)5-3-7-12-8-4-6-11-2/h9H,3-8,10H2,1-2H3. The van der Waals surface area contributed by atoms with Crippen LogP contribution in [0.25, 0.3) is 0 Å². The average Bonchev–Trinajstić information content (AvgIpc) is 2.02. The molecular formula is C9H21NO2. The first-order valence-corrected chi connectivity index (χ1v) is 4.59. The third-order valence-electron chi connectivity index (χ3n) is 1.59. The van der Waals surface area contributed by atoms with Gasteiger partial charge in [0.1, 0.15) is 0 Å². The molecular weight excluding hydrogens is 154 g/mol. The molecule has 12 heavy (non-hydrogen) atoms. The van der Waals surface area contributed by atoms with Crippen LogP contribution in [0.1, 0.15) is 26.2 Å². The summed E-state index contributed by atoms with van der Waals surface area (Å²) in [5, 5.41) is 0. The lowest BCUT2D eigenvalue weighted by Gasteiger charge is -2.05. The van der Waals surface area contributed by atoms with Crippen LogP contribution in [0, 0.1) is 0 Å². The molecule has 0 aromatic rings.